The number of benzene rings is 1. The van der Waals surface area contributed by atoms with Gasteiger partial charge in [-0.2, -0.15) is 0 Å². The van der Waals surface area contributed by atoms with E-state index < -0.39 is 0 Å². The lowest BCUT2D eigenvalue weighted by molar-refractivity contribution is 0.784. The van der Waals surface area contributed by atoms with Crippen molar-refractivity contribution in [2.75, 3.05) is 23.3 Å². The summed E-state index contributed by atoms with van der Waals surface area (Å²) in [5, 5.41) is 0.946. The summed E-state index contributed by atoms with van der Waals surface area (Å²) in [6.07, 6.45) is 2.97. The van der Waals surface area contributed by atoms with E-state index >= 15 is 0 Å². The number of fused-ring (bicyclic) bond motifs is 1. The van der Waals surface area contributed by atoms with E-state index in [9.17, 15) is 0 Å². The first-order valence-corrected chi connectivity index (χ1v) is 7.00. The molecule has 0 saturated carbocycles. The fourth-order valence-corrected chi connectivity index (χ4v) is 2.24. The van der Waals surface area contributed by atoms with Gasteiger partial charge in [0.05, 0.1) is 17.2 Å². The first-order chi connectivity index (χ1) is 8.35. The zero-order valence-corrected chi connectivity index (χ0v) is 11.5. The average molecular weight is 294 g/mol. The number of halogens is 1. The van der Waals surface area contributed by atoms with Gasteiger partial charge in [-0.05, 0) is 18.6 Å². The van der Waals surface area contributed by atoms with Gasteiger partial charge in [0.2, 0.25) is 0 Å². The summed E-state index contributed by atoms with van der Waals surface area (Å²) in [5.74, 6) is 0.963. The fraction of sp³-hybridized carbons (Fsp3) is 0.385. The molecule has 0 bridgehead atoms. The quantitative estimate of drug-likeness (QED) is 0.793. The Morgan fingerprint density at radius 2 is 1.94 bits per heavy atom. The Bertz CT molecular complexity index is 481. The van der Waals surface area contributed by atoms with Gasteiger partial charge in [-0.25, -0.2) is 4.98 Å². The highest BCUT2D eigenvalue weighted by Gasteiger charge is 2.07. The minimum atomic E-state index is 0.946. The van der Waals surface area contributed by atoms with E-state index in [-0.39, 0.29) is 0 Å². The zero-order chi connectivity index (χ0) is 12.1. The number of nitrogens with zero attached hydrogens (tertiary/aromatic N) is 3. The monoisotopic (exact) mass is 293 g/mol. The van der Waals surface area contributed by atoms with E-state index in [1.54, 1.807) is 0 Å². The number of hydrogen-bond donors (Lipinski definition) is 0. The third-order valence-corrected chi connectivity index (χ3v) is 2.96. The summed E-state index contributed by atoms with van der Waals surface area (Å²) in [6, 6.07) is 7.97. The summed E-state index contributed by atoms with van der Waals surface area (Å²) in [7, 11) is 0. The SMILES string of the molecule is CCCN(CCBr)c1cnc2ccccc2n1. The number of para-hydroxylation sites is 2. The maximum Gasteiger partial charge on any atom is 0.147 e. The fourth-order valence-electron chi connectivity index (χ4n) is 1.81. The molecule has 1 aromatic heterocycles. The van der Waals surface area contributed by atoms with E-state index in [0.29, 0.717) is 0 Å². The Hall–Kier alpha value is -1.16. The number of rotatable bonds is 5. The van der Waals surface area contributed by atoms with Crippen molar-refractivity contribution >= 4 is 32.8 Å². The Kier molecular flexibility index (Phi) is 4.31. The summed E-state index contributed by atoms with van der Waals surface area (Å²) in [4.78, 5) is 11.4. The van der Waals surface area contributed by atoms with E-state index in [0.717, 1.165) is 41.7 Å². The Morgan fingerprint density at radius 3 is 2.65 bits per heavy atom. The molecule has 0 unspecified atom stereocenters. The highest BCUT2D eigenvalue weighted by atomic mass is 79.9. The molecule has 1 heterocycles. The van der Waals surface area contributed by atoms with Crippen LogP contribution in [0.25, 0.3) is 11.0 Å². The van der Waals surface area contributed by atoms with Crippen molar-refractivity contribution < 1.29 is 0 Å². The second-order valence-electron chi connectivity index (χ2n) is 3.89. The molecule has 0 amide bonds. The topological polar surface area (TPSA) is 29.0 Å². The molecule has 0 atom stereocenters. The van der Waals surface area contributed by atoms with Crippen LogP contribution in [0.2, 0.25) is 0 Å². The van der Waals surface area contributed by atoms with Gasteiger partial charge in [-0.1, -0.05) is 35.0 Å². The maximum atomic E-state index is 4.66. The second-order valence-corrected chi connectivity index (χ2v) is 4.69. The van der Waals surface area contributed by atoms with Crippen molar-refractivity contribution in [3.05, 3.63) is 30.5 Å². The lowest BCUT2D eigenvalue weighted by Gasteiger charge is -2.21. The van der Waals surface area contributed by atoms with Gasteiger partial charge < -0.3 is 4.90 Å². The predicted octanol–water partition coefficient (Wildman–Crippen LogP) is 3.24. The number of alkyl halides is 1. The molecule has 0 N–H and O–H groups in total. The van der Waals surface area contributed by atoms with Gasteiger partial charge in [0.1, 0.15) is 5.82 Å². The van der Waals surface area contributed by atoms with Crippen LogP contribution < -0.4 is 4.90 Å². The largest absolute Gasteiger partial charge is 0.354 e. The van der Waals surface area contributed by atoms with Crippen molar-refractivity contribution in [3.8, 4) is 0 Å². The van der Waals surface area contributed by atoms with Gasteiger partial charge >= 0.3 is 0 Å². The second kappa shape index (κ2) is 5.96. The molecule has 2 rings (SSSR count). The van der Waals surface area contributed by atoms with E-state index in [1.165, 1.54) is 0 Å². The van der Waals surface area contributed by atoms with Gasteiger partial charge in [-0.3, -0.25) is 4.98 Å². The summed E-state index contributed by atoms with van der Waals surface area (Å²) < 4.78 is 0. The van der Waals surface area contributed by atoms with Crippen molar-refractivity contribution in [1.29, 1.82) is 0 Å². The number of hydrogen-bond acceptors (Lipinski definition) is 3. The van der Waals surface area contributed by atoms with Crippen LogP contribution in [0.1, 0.15) is 13.3 Å². The minimum Gasteiger partial charge on any atom is -0.354 e. The summed E-state index contributed by atoms with van der Waals surface area (Å²) in [6.45, 7) is 4.15. The molecule has 0 fully saturated rings. The zero-order valence-electron chi connectivity index (χ0n) is 9.93. The molecule has 4 heteroatoms. The molecule has 0 aliphatic heterocycles. The highest BCUT2D eigenvalue weighted by molar-refractivity contribution is 9.09. The molecule has 3 nitrogen and oxygen atoms in total. The third kappa shape index (κ3) is 2.94. The van der Waals surface area contributed by atoms with Crippen molar-refractivity contribution in [2.45, 2.75) is 13.3 Å². The molecule has 0 aliphatic rings. The van der Waals surface area contributed by atoms with Gasteiger partial charge in [-0.15, -0.1) is 0 Å². The molecule has 0 saturated heterocycles. The van der Waals surface area contributed by atoms with E-state index in [1.807, 2.05) is 30.5 Å². The standard InChI is InChI=1S/C13H16BrN3/c1-2-8-17(9-7-14)13-10-15-11-5-3-4-6-12(11)16-13/h3-6,10H,2,7-9H2,1H3. The third-order valence-electron chi connectivity index (χ3n) is 2.61. The van der Waals surface area contributed by atoms with Crippen molar-refractivity contribution in [2.24, 2.45) is 0 Å². The molecule has 2 aromatic rings. The average Bonchev–Trinajstić information content (AvgIpc) is 2.38. The molecule has 90 valence electrons. The van der Waals surface area contributed by atoms with Crippen LogP contribution >= 0.6 is 15.9 Å². The lowest BCUT2D eigenvalue weighted by Crippen LogP contribution is -2.27. The lowest BCUT2D eigenvalue weighted by atomic mass is 10.3. The Labute approximate surface area is 110 Å². The van der Waals surface area contributed by atoms with Crippen LogP contribution in [0.4, 0.5) is 5.82 Å². The van der Waals surface area contributed by atoms with E-state index in [4.69, 9.17) is 0 Å². The van der Waals surface area contributed by atoms with E-state index in [2.05, 4.69) is 37.7 Å². The molecular formula is C13H16BrN3. The molecule has 17 heavy (non-hydrogen) atoms. The number of anilines is 1. The van der Waals surface area contributed by atoms with Crippen LogP contribution in [0.3, 0.4) is 0 Å². The van der Waals surface area contributed by atoms with Crippen molar-refractivity contribution in [1.82, 2.24) is 9.97 Å². The highest BCUT2D eigenvalue weighted by Crippen LogP contribution is 2.15. The molecular weight excluding hydrogens is 278 g/mol. The van der Waals surface area contributed by atoms with Crippen LogP contribution in [0.5, 0.6) is 0 Å². The molecule has 1 aromatic carbocycles. The summed E-state index contributed by atoms with van der Waals surface area (Å²) in [5.41, 5.74) is 1.91. The predicted molar refractivity (Wildman–Crippen MR) is 75.8 cm³/mol. The summed E-state index contributed by atoms with van der Waals surface area (Å²) >= 11 is 3.48. The minimum absolute atomic E-state index is 0.946. The van der Waals surface area contributed by atoms with Gasteiger partial charge in [0.25, 0.3) is 0 Å². The van der Waals surface area contributed by atoms with Crippen LogP contribution in [0.15, 0.2) is 30.5 Å². The van der Waals surface area contributed by atoms with Crippen molar-refractivity contribution in [3.63, 3.8) is 0 Å². The Morgan fingerprint density at radius 1 is 1.18 bits per heavy atom. The number of aromatic nitrogens is 2. The van der Waals surface area contributed by atoms with Crippen LogP contribution in [-0.4, -0.2) is 28.4 Å². The molecule has 0 spiro atoms. The van der Waals surface area contributed by atoms with Crippen LogP contribution in [-0.2, 0) is 0 Å². The van der Waals surface area contributed by atoms with Crippen LogP contribution in [0, 0.1) is 0 Å². The Balaban J connectivity index is 2.32. The van der Waals surface area contributed by atoms with Gasteiger partial charge in [0.15, 0.2) is 0 Å². The smallest absolute Gasteiger partial charge is 0.147 e. The first-order valence-electron chi connectivity index (χ1n) is 5.88. The van der Waals surface area contributed by atoms with Gasteiger partial charge in [0, 0.05) is 18.4 Å². The molecule has 0 radical (unpaired) electrons. The first kappa shape index (κ1) is 12.3. The molecule has 0 aliphatic carbocycles. The normalized spacial score (nSPS) is 10.7. The maximum absolute atomic E-state index is 4.66.